The van der Waals surface area contributed by atoms with Crippen molar-refractivity contribution >= 4 is 15.9 Å². The maximum atomic E-state index is 5.47. The number of halogens is 1. The van der Waals surface area contributed by atoms with Crippen LogP contribution in [0.1, 0.15) is 36.1 Å². The lowest BCUT2D eigenvalue weighted by Crippen LogP contribution is -2.20. The average molecular weight is 348 g/mol. The second kappa shape index (κ2) is 7.62. The maximum Gasteiger partial charge on any atom is 0.123 e. The molecule has 2 aromatic rings. The summed E-state index contributed by atoms with van der Waals surface area (Å²) in [5.41, 5.74) is 3.75. The summed E-state index contributed by atoms with van der Waals surface area (Å²) in [4.78, 5) is 0. The first-order chi connectivity index (χ1) is 10.2. The number of methoxy groups -OCH3 is 1. The fourth-order valence-electron chi connectivity index (χ4n) is 2.42. The SMILES string of the molecule is CCC(NCc1ccc(C)c(Br)c1)c1ccccc1OC. The summed E-state index contributed by atoms with van der Waals surface area (Å²) in [5.74, 6) is 0.946. The van der Waals surface area contributed by atoms with E-state index in [1.807, 2.05) is 12.1 Å². The minimum Gasteiger partial charge on any atom is -0.496 e. The summed E-state index contributed by atoms with van der Waals surface area (Å²) >= 11 is 3.59. The lowest BCUT2D eigenvalue weighted by atomic mass is 10.0. The molecular formula is C18H22BrNO. The minimum atomic E-state index is 0.293. The molecule has 21 heavy (non-hydrogen) atoms. The van der Waals surface area contributed by atoms with E-state index in [4.69, 9.17) is 4.74 Å². The predicted molar refractivity (Wildman–Crippen MR) is 91.7 cm³/mol. The van der Waals surface area contributed by atoms with Crippen LogP contribution in [-0.4, -0.2) is 7.11 Å². The predicted octanol–water partition coefficient (Wildman–Crippen LogP) is 5.01. The van der Waals surface area contributed by atoms with Crippen LogP contribution in [0.4, 0.5) is 0 Å². The molecule has 3 heteroatoms. The van der Waals surface area contributed by atoms with Gasteiger partial charge in [-0.1, -0.05) is 53.2 Å². The van der Waals surface area contributed by atoms with Gasteiger partial charge in [0.05, 0.1) is 7.11 Å². The number of ether oxygens (including phenoxy) is 1. The Hall–Kier alpha value is -1.32. The Kier molecular flexibility index (Phi) is 5.83. The maximum absolute atomic E-state index is 5.47. The van der Waals surface area contributed by atoms with Crippen LogP contribution in [0.2, 0.25) is 0 Å². The Balaban J connectivity index is 2.10. The van der Waals surface area contributed by atoms with E-state index in [0.29, 0.717) is 6.04 Å². The number of rotatable bonds is 6. The van der Waals surface area contributed by atoms with Gasteiger partial charge in [-0.3, -0.25) is 0 Å². The molecule has 0 aliphatic carbocycles. The third kappa shape index (κ3) is 4.08. The Morgan fingerprint density at radius 3 is 2.62 bits per heavy atom. The summed E-state index contributed by atoms with van der Waals surface area (Å²) in [6, 6.07) is 15.0. The van der Waals surface area contributed by atoms with Crippen molar-refractivity contribution in [2.24, 2.45) is 0 Å². The standard InChI is InChI=1S/C18H22BrNO/c1-4-17(15-7-5-6-8-18(15)21-3)20-12-14-10-9-13(2)16(19)11-14/h5-11,17,20H,4,12H2,1-3H3. The molecule has 112 valence electrons. The van der Waals surface area contributed by atoms with Crippen molar-refractivity contribution in [1.29, 1.82) is 0 Å². The molecule has 0 bridgehead atoms. The number of aryl methyl sites for hydroxylation is 1. The lowest BCUT2D eigenvalue weighted by molar-refractivity contribution is 0.396. The average Bonchev–Trinajstić information content (AvgIpc) is 2.51. The van der Waals surface area contributed by atoms with Crippen LogP contribution in [-0.2, 0) is 6.54 Å². The highest BCUT2D eigenvalue weighted by atomic mass is 79.9. The van der Waals surface area contributed by atoms with E-state index in [1.54, 1.807) is 7.11 Å². The molecule has 1 atom stereocenters. The number of hydrogen-bond acceptors (Lipinski definition) is 2. The van der Waals surface area contributed by atoms with Gasteiger partial charge >= 0.3 is 0 Å². The highest BCUT2D eigenvalue weighted by molar-refractivity contribution is 9.10. The molecule has 2 rings (SSSR count). The molecule has 0 saturated carbocycles. The molecular weight excluding hydrogens is 326 g/mol. The molecule has 0 radical (unpaired) electrons. The van der Waals surface area contributed by atoms with Crippen molar-refractivity contribution in [2.75, 3.05) is 7.11 Å². The third-order valence-corrected chi connectivity index (χ3v) is 4.57. The van der Waals surface area contributed by atoms with Crippen LogP contribution in [0.25, 0.3) is 0 Å². The first-order valence-electron chi connectivity index (χ1n) is 7.27. The largest absolute Gasteiger partial charge is 0.496 e. The Morgan fingerprint density at radius 1 is 1.19 bits per heavy atom. The van der Waals surface area contributed by atoms with Gasteiger partial charge in [-0.25, -0.2) is 0 Å². The third-order valence-electron chi connectivity index (χ3n) is 3.71. The van der Waals surface area contributed by atoms with E-state index in [-0.39, 0.29) is 0 Å². The van der Waals surface area contributed by atoms with Gasteiger partial charge < -0.3 is 10.1 Å². The molecule has 0 aliphatic heterocycles. The van der Waals surface area contributed by atoms with Crippen molar-refractivity contribution in [3.05, 3.63) is 63.6 Å². The summed E-state index contributed by atoms with van der Waals surface area (Å²) < 4.78 is 6.63. The van der Waals surface area contributed by atoms with Crippen LogP contribution in [0.5, 0.6) is 5.75 Å². The molecule has 0 spiro atoms. The summed E-state index contributed by atoms with van der Waals surface area (Å²) in [6.07, 6.45) is 1.02. The molecule has 0 saturated heterocycles. The lowest BCUT2D eigenvalue weighted by Gasteiger charge is -2.20. The zero-order valence-corrected chi connectivity index (χ0v) is 14.4. The number of para-hydroxylation sites is 1. The number of benzene rings is 2. The first kappa shape index (κ1) is 16.1. The second-order valence-electron chi connectivity index (χ2n) is 5.17. The van der Waals surface area contributed by atoms with E-state index in [1.165, 1.54) is 16.7 Å². The van der Waals surface area contributed by atoms with E-state index in [2.05, 4.69) is 65.4 Å². The van der Waals surface area contributed by atoms with E-state index >= 15 is 0 Å². The quantitative estimate of drug-likeness (QED) is 0.793. The molecule has 1 N–H and O–H groups in total. The number of nitrogens with one attached hydrogen (secondary N) is 1. The zero-order chi connectivity index (χ0) is 15.2. The van der Waals surface area contributed by atoms with Crippen molar-refractivity contribution in [1.82, 2.24) is 5.32 Å². The zero-order valence-electron chi connectivity index (χ0n) is 12.8. The Bertz CT molecular complexity index is 598. The normalized spacial score (nSPS) is 12.2. The van der Waals surface area contributed by atoms with E-state index in [0.717, 1.165) is 23.2 Å². The van der Waals surface area contributed by atoms with Gasteiger partial charge in [-0.15, -0.1) is 0 Å². The van der Waals surface area contributed by atoms with Gasteiger partial charge in [0.1, 0.15) is 5.75 Å². The van der Waals surface area contributed by atoms with Gasteiger partial charge in [0, 0.05) is 22.6 Å². The Labute approximate surface area is 135 Å². The van der Waals surface area contributed by atoms with Crippen LogP contribution in [0, 0.1) is 6.92 Å². The molecule has 0 amide bonds. The van der Waals surface area contributed by atoms with Crippen molar-refractivity contribution in [3.63, 3.8) is 0 Å². The monoisotopic (exact) mass is 347 g/mol. The molecule has 0 fully saturated rings. The summed E-state index contributed by atoms with van der Waals surface area (Å²) in [7, 11) is 1.72. The second-order valence-corrected chi connectivity index (χ2v) is 6.02. The molecule has 0 aliphatic rings. The molecule has 1 unspecified atom stereocenters. The van der Waals surface area contributed by atoms with Gasteiger partial charge in [-0.2, -0.15) is 0 Å². The van der Waals surface area contributed by atoms with Gasteiger partial charge in [0.25, 0.3) is 0 Å². The highest BCUT2D eigenvalue weighted by Gasteiger charge is 2.13. The smallest absolute Gasteiger partial charge is 0.123 e. The summed E-state index contributed by atoms with van der Waals surface area (Å²) in [6.45, 7) is 5.13. The highest BCUT2D eigenvalue weighted by Crippen LogP contribution is 2.27. The molecule has 0 aromatic heterocycles. The van der Waals surface area contributed by atoms with Crippen LogP contribution in [0.3, 0.4) is 0 Å². The Morgan fingerprint density at radius 2 is 1.95 bits per heavy atom. The van der Waals surface area contributed by atoms with Crippen molar-refractivity contribution < 1.29 is 4.74 Å². The topological polar surface area (TPSA) is 21.3 Å². The fraction of sp³-hybridized carbons (Fsp3) is 0.333. The van der Waals surface area contributed by atoms with E-state index < -0.39 is 0 Å². The summed E-state index contributed by atoms with van der Waals surface area (Å²) in [5, 5.41) is 3.62. The molecule has 0 heterocycles. The number of hydrogen-bond donors (Lipinski definition) is 1. The van der Waals surface area contributed by atoms with E-state index in [9.17, 15) is 0 Å². The van der Waals surface area contributed by atoms with Crippen LogP contribution in [0.15, 0.2) is 46.9 Å². The van der Waals surface area contributed by atoms with Gasteiger partial charge in [0.2, 0.25) is 0 Å². The minimum absolute atomic E-state index is 0.293. The van der Waals surface area contributed by atoms with Crippen molar-refractivity contribution in [2.45, 2.75) is 32.9 Å². The molecule has 2 nitrogen and oxygen atoms in total. The molecule has 2 aromatic carbocycles. The fourth-order valence-corrected chi connectivity index (χ4v) is 2.84. The first-order valence-corrected chi connectivity index (χ1v) is 8.06. The van der Waals surface area contributed by atoms with Crippen molar-refractivity contribution in [3.8, 4) is 5.75 Å². The van der Waals surface area contributed by atoms with Crippen LogP contribution >= 0.6 is 15.9 Å². The van der Waals surface area contributed by atoms with Gasteiger partial charge in [-0.05, 0) is 36.6 Å². The van der Waals surface area contributed by atoms with Gasteiger partial charge in [0.15, 0.2) is 0 Å². The van der Waals surface area contributed by atoms with Crippen LogP contribution < -0.4 is 10.1 Å².